The number of anilines is 1. The van der Waals surface area contributed by atoms with E-state index in [-0.39, 0.29) is 16.8 Å². The van der Waals surface area contributed by atoms with Crippen LogP contribution in [-0.2, 0) is 4.79 Å². The maximum Gasteiger partial charge on any atom is 0.250 e. The highest BCUT2D eigenvalue weighted by molar-refractivity contribution is 9.10. The number of thiocarbonyl (C=S) groups is 1. The quantitative estimate of drug-likeness (QED) is 0.197. The fraction of sp³-hybridized carbons (Fsp3) is 0.115. The third kappa shape index (κ3) is 5.70. The number of oxazole rings is 1. The van der Waals surface area contributed by atoms with Crippen LogP contribution in [0.3, 0.4) is 0 Å². The van der Waals surface area contributed by atoms with Gasteiger partial charge in [-0.15, -0.1) is 0 Å². The Hall–Kier alpha value is -3.49. The van der Waals surface area contributed by atoms with E-state index >= 15 is 0 Å². The maximum absolute atomic E-state index is 12.2. The first-order chi connectivity index (χ1) is 16.3. The zero-order valence-corrected chi connectivity index (χ0v) is 20.9. The van der Waals surface area contributed by atoms with Gasteiger partial charge in [-0.25, -0.2) is 4.98 Å². The molecule has 0 saturated carbocycles. The van der Waals surface area contributed by atoms with Gasteiger partial charge in [0.05, 0.1) is 4.47 Å². The highest BCUT2D eigenvalue weighted by Gasteiger charge is 2.11. The van der Waals surface area contributed by atoms with E-state index in [0.29, 0.717) is 33.1 Å². The number of benzene rings is 3. The number of nitrogens with one attached hydrogen (secondary N) is 2. The minimum absolute atomic E-state index is 0.140. The lowest BCUT2D eigenvalue weighted by Crippen LogP contribution is -2.32. The molecule has 4 aromatic rings. The third-order valence-electron chi connectivity index (χ3n) is 5.11. The molecular formula is C26H22BrN3O3S. The maximum atomic E-state index is 12.2. The predicted octanol–water partition coefficient (Wildman–Crippen LogP) is 6.61. The summed E-state index contributed by atoms with van der Waals surface area (Å²) in [5.41, 5.74) is 4.81. The molecule has 0 fully saturated rings. The fourth-order valence-electron chi connectivity index (χ4n) is 3.25. The van der Waals surface area contributed by atoms with Crippen LogP contribution < -0.4 is 10.6 Å². The normalized spacial score (nSPS) is 11.3. The number of carbonyl (C=O) groups excluding carboxylic acids is 1. The Morgan fingerprint density at radius 3 is 2.59 bits per heavy atom. The molecule has 1 amide bonds. The molecule has 172 valence electrons. The number of halogens is 1. The van der Waals surface area contributed by atoms with Gasteiger partial charge >= 0.3 is 0 Å². The molecular weight excluding hydrogens is 514 g/mol. The van der Waals surface area contributed by atoms with E-state index in [1.54, 1.807) is 42.5 Å². The van der Waals surface area contributed by atoms with Gasteiger partial charge in [0.1, 0.15) is 11.3 Å². The fourth-order valence-corrected chi connectivity index (χ4v) is 3.85. The van der Waals surface area contributed by atoms with Crippen LogP contribution in [0.25, 0.3) is 28.6 Å². The minimum Gasteiger partial charge on any atom is -0.507 e. The van der Waals surface area contributed by atoms with Crippen molar-refractivity contribution in [2.45, 2.75) is 19.8 Å². The van der Waals surface area contributed by atoms with Crippen LogP contribution in [0.2, 0.25) is 0 Å². The molecule has 4 rings (SSSR count). The van der Waals surface area contributed by atoms with Gasteiger partial charge in [-0.2, -0.15) is 0 Å². The highest BCUT2D eigenvalue weighted by Crippen LogP contribution is 2.31. The van der Waals surface area contributed by atoms with Crippen molar-refractivity contribution in [3.05, 3.63) is 82.3 Å². The molecule has 1 heterocycles. The first-order valence-electron chi connectivity index (χ1n) is 10.6. The van der Waals surface area contributed by atoms with Gasteiger partial charge in [0.25, 0.3) is 0 Å². The minimum atomic E-state index is -0.326. The Bertz CT molecular complexity index is 1390. The number of rotatable bonds is 5. The van der Waals surface area contributed by atoms with Crippen molar-refractivity contribution in [2.24, 2.45) is 0 Å². The second-order valence-corrected chi connectivity index (χ2v) is 9.23. The number of amides is 1. The average molecular weight is 536 g/mol. The van der Waals surface area contributed by atoms with Crippen LogP contribution in [0.1, 0.15) is 30.9 Å². The van der Waals surface area contributed by atoms with E-state index in [2.05, 4.69) is 57.5 Å². The van der Waals surface area contributed by atoms with Crippen molar-refractivity contribution in [1.29, 1.82) is 0 Å². The lowest BCUT2D eigenvalue weighted by Gasteiger charge is -2.08. The molecule has 3 N–H and O–H groups in total. The molecule has 0 spiro atoms. The summed E-state index contributed by atoms with van der Waals surface area (Å²) in [6.07, 6.45) is 3.19. The summed E-state index contributed by atoms with van der Waals surface area (Å²) in [4.78, 5) is 16.8. The van der Waals surface area contributed by atoms with E-state index < -0.39 is 0 Å². The Labute approximate surface area is 210 Å². The summed E-state index contributed by atoms with van der Waals surface area (Å²) in [6, 6.07) is 18.4. The topological polar surface area (TPSA) is 87.4 Å². The molecule has 0 atom stereocenters. The van der Waals surface area contributed by atoms with Gasteiger partial charge in [0.2, 0.25) is 11.8 Å². The Kier molecular flexibility index (Phi) is 7.09. The number of aromatic nitrogens is 1. The third-order valence-corrected chi connectivity index (χ3v) is 5.95. The van der Waals surface area contributed by atoms with Crippen molar-refractivity contribution in [1.82, 2.24) is 10.3 Å². The van der Waals surface area contributed by atoms with Gasteiger partial charge in [-0.1, -0.05) is 38.1 Å². The summed E-state index contributed by atoms with van der Waals surface area (Å²) in [5.74, 6) is 0.701. The Morgan fingerprint density at radius 1 is 1.12 bits per heavy atom. The van der Waals surface area contributed by atoms with Crippen molar-refractivity contribution in [3.63, 3.8) is 0 Å². The summed E-state index contributed by atoms with van der Waals surface area (Å²) in [6.45, 7) is 4.28. The van der Waals surface area contributed by atoms with Crippen LogP contribution >= 0.6 is 28.1 Å². The molecule has 0 unspecified atom stereocenters. The van der Waals surface area contributed by atoms with Gasteiger partial charge in [0.15, 0.2) is 10.7 Å². The molecule has 6 nitrogen and oxygen atoms in total. The molecule has 1 aromatic heterocycles. The summed E-state index contributed by atoms with van der Waals surface area (Å²) in [5, 5.41) is 15.5. The van der Waals surface area contributed by atoms with Crippen molar-refractivity contribution < 1.29 is 14.3 Å². The molecule has 8 heteroatoms. The molecule has 0 aliphatic rings. The molecule has 0 saturated heterocycles. The first kappa shape index (κ1) is 23.7. The zero-order chi connectivity index (χ0) is 24.2. The average Bonchev–Trinajstić information content (AvgIpc) is 3.23. The van der Waals surface area contributed by atoms with E-state index in [4.69, 9.17) is 16.6 Å². The monoisotopic (exact) mass is 535 g/mol. The summed E-state index contributed by atoms with van der Waals surface area (Å²) >= 11 is 8.56. The van der Waals surface area contributed by atoms with Gasteiger partial charge in [0, 0.05) is 17.3 Å². The van der Waals surface area contributed by atoms with E-state index in [1.165, 1.54) is 11.6 Å². The second kappa shape index (κ2) is 10.2. The smallest absolute Gasteiger partial charge is 0.250 e. The summed E-state index contributed by atoms with van der Waals surface area (Å²) in [7, 11) is 0. The molecule has 34 heavy (non-hydrogen) atoms. The number of carbonyl (C=O) groups is 1. The van der Waals surface area contributed by atoms with Crippen molar-refractivity contribution in [2.75, 3.05) is 5.32 Å². The van der Waals surface area contributed by atoms with Gasteiger partial charge in [-0.05, 0) is 87.7 Å². The lowest BCUT2D eigenvalue weighted by atomic mass is 10.0. The number of hydrogen-bond donors (Lipinski definition) is 3. The lowest BCUT2D eigenvalue weighted by molar-refractivity contribution is -0.115. The van der Waals surface area contributed by atoms with Crippen molar-refractivity contribution >= 4 is 62.0 Å². The van der Waals surface area contributed by atoms with Crippen LogP contribution in [0.15, 0.2) is 75.6 Å². The molecule has 3 aromatic carbocycles. The number of phenols is 1. The molecule has 0 radical (unpaired) electrons. The van der Waals surface area contributed by atoms with E-state index in [0.717, 1.165) is 11.1 Å². The van der Waals surface area contributed by atoms with Crippen LogP contribution in [0, 0.1) is 0 Å². The molecule has 0 aliphatic carbocycles. The standard InChI is InChI=1S/C26H22BrN3O3S/c1-15(2)17-6-3-16(4-7-17)5-12-24(32)30-26(34)28-19-9-11-23-21(14-19)29-25(33-23)18-8-10-22(31)20(27)13-18/h3-15,31H,1-2H3,(H2,28,30,32,34). The predicted molar refractivity (Wildman–Crippen MR) is 143 cm³/mol. The first-order valence-corrected chi connectivity index (χ1v) is 11.8. The SMILES string of the molecule is CC(C)c1ccc(C=CC(=O)NC(=S)Nc2ccc3oc(-c4ccc(O)c(Br)c4)nc3c2)cc1. The number of hydrogen-bond acceptors (Lipinski definition) is 5. The number of phenolic OH excluding ortho intramolecular Hbond substituents is 1. The van der Waals surface area contributed by atoms with Crippen molar-refractivity contribution in [3.8, 4) is 17.2 Å². The largest absolute Gasteiger partial charge is 0.507 e. The number of aromatic hydroxyl groups is 1. The van der Waals surface area contributed by atoms with Gasteiger partial charge < -0.3 is 14.8 Å². The number of fused-ring (bicyclic) bond motifs is 1. The van der Waals surface area contributed by atoms with Gasteiger partial charge in [-0.3, -0.25) is 10.1 Å². The van der Waals surface area contributed by atoms with E-state index in [1.807, 2.05) is 12.1 Å². The molecule has 0 bridgehead atoms. The number of nitrogens with zero attached hydrogens (tertiary/aromatic N) is 1. The van der Waals surface area contributed by atoms with Crippen LogP contribution in [0.5, 0.6) is 5.75 Å². The van der Waals surface area contributed by atoms with Crippen LogP contribution in [0.4, 0.5) is 5.69 Å². The van der Waals surface area contributed by atoms with E-state index in [9.17, 15) is 9.90 Å². The second-order valence-electron chi connectivity index (χ2n) is 7.97. The summed E-state index contributed by atoms with van der Waals surface area (Å²) < 4.78 is 6.37. The Morgan fingerprint density at radius 2 is 1.88 bits per heavy atom. The zero-order valence-electron chi connectivity index (χ0n) is 18.5. The Balaban J connectivity index is 1.39. The molecule has 0 aliphatic heterocycles. The van der Waals surface area contributed by atoms with Crippen LogP contribution in [-0.4, -0.2) is 21.1 Å². The highest BCUT2D eigenvalue weighted by atomic mass is 79.9.